The summed E-state index contributed by atoms with van der Waals surface area (Å²) in [4.78, 5) is 35.7. The molecule has 0 radical (unpaired) electrons. The van der Waals surface area contributed by atoms with Crippen molar-refractivity contribution < 1.29 is 24.2 Å². The van der Waals surface area contributed by atoms with Gasteiger partial charge in [-0.25, -0.2) is 4.79 Å². The molecule has 0 aliphatic rings. The molecule has 3 N–H and O–H groups in total. The Morgan fingerprint density at radius 1 is 1.25 bits per heavy atom. The average Bonchev–Trinajstić information content (AvgIpc) is 2.52. The summed E-state index contributed by atoms with van der Waals surface area (Å²) >= 11 is 0. The molecule has 1 aromatic carbocycles. The summed E-state index contributed by atoms with van der Waals surface area (Å²) in [5, 5.41) is 13.7. The van der Waals surface area contributed by atoms with Crippen LogP contribution < -0.4 is 15.4 Å². The lowest BCUT2D eigenvalue weighted by Crippen LogP contribution is -2.30. The molecule has 0 aliphatic heterocycles. The molecule has 0 atom stereocenters. The highest BCUT2D eigenvalue weighted by atomic mass is 16.5. The van der Waals surface area contributed by atoms with Crippen LogP contribution in [0.3, 0.4) is 0 Å². The number of hydrogen-bond donors (Lipinski definition) is 3. The van der Waals surface area contributed by atoms with Crippen molar-refractivity contribution in [3.8, 4) is 5.75 Å². The fourth-order valence-corrected chi connectivity index (χ4v) is 1.90. The lowest BCUT2D eigenvalue weighted by atomic mass is 10.1. The molecule has 0 aromatic heterocycles. The van der Waals surface area contributed by atoms with Gasteiger partial charge in [0.15, 0.2) is 0 Å². The molecular formula is C16H23N3O5. The SMILES string of the molecule is CCOc1cc(C(=O)N(C)C)ccc1NC(=O)NCCCC(=O)O. The van der Waals surface area contributed by atoms with Crippen LogP contribution in [-0.2, 0) is 4.79 Å². The second-order valence-corrected chi connectivity index (χ2v) is 5.22. The van der Waals surface area contributed by atoms with Gasteiger partial charge in [0.25, 0.3) is 5.91 Å². The Bertz CT molecular complexity index is 601. The molecule has 1 rings (SSSR count). The number of hydrogen-bond acceptors (Lipinski definition) is 4. The van der Waals surface area contributed by atoms with Crippen molar-refractivity contribution >= 4 is 23.6 Å². The maximum Gasteiger partial charge on any atom is 0.319 e. The van der Waals surface area contributed by atoms with Crippen LogP contribution in [0.5, 0.6) is 5.75 Å². The largest absolute Gasteiger partial charge is 0.492 e. The van der Waals surface area contributed by atoms with E-state index in [0.29, 0.717) is 30.0 Å². The summed E-state index contributed by atoms with van der Waals surface area (Å²) in [6.07, 6.45) is 0.336. The first-order valence-electron chi connectivity index (χ1n) is 7.60. The van der Waals surface area contributed by atoms with Crippen LogP contribution in [0.2, 0.25) is 0 Å². The first-order chi connectivity index (χ1) is 11.3. The molecule has 0 aliphatic carbocycles. The zero-order valence-electron chi connectivity index (χ0n) is 14.1. The van der Waals surface area contributed by atoms with Gasteiger partial charge >= 0.3 is 12.0 Å². The van der Waals surface area contributed by atoms with Crippen LogP contribution in [0.4, 0.5) is 10.5 Å². The molecule has 0 spiro atoms. The van der Waals surface area contributed by atoms with E-state index < -0.39 is 12.0 Å². The molecule has 0 saturated heterocycles. The van der Waals surface area contributed by atoms with Crippen LogP contribution in [0, 0.1) is 0 Å². The van der Waals surface area contributed by atoms with E-state index in [4.69, 9.17) is 9.84 Å². The molecule has 8 heteroatoms. The molecule has 0 fully saturated rings. The maximum absolute atomic E-state index is 12.0. The molecule has 0 heterocycles. The predicted molar refractivity (Wildman–Crippen MR) is 89.5 cm³/mol. The third-order valence-electron chi connectivity index (χ3n) is 3.04. The zero-order valence-corrected chi connectivity index (χ0v) is 14.1. The van der Waals surface area contributed by atoms with Gasteiger partial charge in [0.05, 0.1) is 12.3 Å². The molecule has 1 aromatic rings. The summed E-state index contributed by atoms with van der Waals surface area (Å²) < 4.78 is 5.47. The molecule has 24 heavy (non-hydrogen) atoms. The fraction of sp³-hybridized carbons (Fsp3) is 0.438. The van der Waals surface area contributed by atoms with E-state index in [0.717, 1.165) is 0 Å². The maximum atomic E-state index is 12.0. The van der Waals surface area contributed by atoms with Gasteiger partial charge in [-0.15, -0.1) is 0 Å². The number of carboxylic acids is 1. The molecule has 0 bridgehead atoms. The number of nitrogens with one attached hydrogen (secondary N) is 2. The minimum absolute atomic E-state index is 0.00812. The minimum Gasteiger partial charge on any atom is -0.492 e. The molecule has 0 saturated carbocycles. The number of nitrogens with zero attached hydrogens (tertiary/aromatic N) is 1. The number of carbonyl (C=O) groups excluding carboxylic acids is 2. The van der Waals surface area contributed by atoms with E-state index in [9.17, 15) is 14.4 Å². The number of ether oxygens (including phenoxy) is 1. The first kappa shape index (κ1) is 19.3. The zero-order chi connectivity index (χ0) is 18.1. The van der Waals surface area contributed by atoms with Gasteiger partial charge in [-0.05, 0) is 31.5 Å². The van der Waals surface area contributed by atoms with Crippen LogP contribution in [0.15, 0.2) is 18.2 Å². The van der Waals surface area contributed by atoms with E-state index in [1.807, 2.05) is 0 Å². The Morgan fingerprint density at radius 2 is 1.96 bits per heavy atom. The quantitative estimate of drug-likeness (QED) is 0.627. The summed E-state index contributed by atoms with van der Waals surface area (Å²) in [6, 6.07) is 4.31. The number of anilines is 1. The predicted octanol–water partition coefficient (Wildman–Crippen LogP) is 1.77. The number of urea groups is 1. The van der Waals surface area contributed by atoms with Crippen LogP contribution in [0.25, 0.3) is 0 Å². The number of carboxylic acid groups (broad SMARTS) is 1. The Hall–Kier alpha value is -2.77. The van der Waals surface area contributed by atoms with Gasteiger partial charge < -0.3 is 25.4 Å². The van der Waals surface area contributed by atoms with Crippen molar-refractivity contribution in [2.45, 2.75) is 19.8 Å². The third kappa shape index (κ3) is 6.15. The van der Waals surface area contributed by atoms with Crippen molar-refractivity contribution in [1.82, 2.24) is 10.2 Å². The summed E-state index contributed by atoms with van der Waals surface area (Å²) in [5.41, 5.74) is 0.888. The number of aliphatic carboxylic acids is 1. The fourth-order valence-electron chi connectivity index (χ4n) is 1.90. The van der Waals surface area contributed by atoms with Crippen LogP contribution in [-0.4, -0.2) is 55.2 Å². The highest BCUT2D eigenvalue weighted by Crippen LogP contribution is 2.26. The highest BCUT2D eigenvalue weighted by Gasteiger charge is 2.13. The summed E-state index contributed by atoms with van der Waals surface area (Å²) in [7, 11) is 3.30. The monoisotopic (exact) mass is 337 g/mol. The molecule has 132 valence electrons. The van der Waals surface area contributed by atoms with E-state index in [1.165, 1.54) is 4.90 Å². The van der Waals surface area contributed by atoms with E-state index in [2.05, 4.69) is 10.6 Å². The number of benzene rings is 1. The van der Waals surface area contributed by atoms with Crippen molar-refractivity contribution in [3.63, 3.8) is 0 Å². The second-order valence-electron chi connectivity index (χ2n) is 5.22. The standard InChI is InChI=1S/C16H23N3O5/c1-4-24-13-10-11(15(22)19(2)3)7-8-12(13)18-16(23)17-9-5-6-14(20)21/h7-8,10H,4-6,9H2,1-3H3,(H,20,21)(H2,17,18,23). The first-order valence-corrected chi connectivity index (χ1v) is 7.60. The number of amides is 3. The van der Waals surface area contributed by atoms with Gasteiger partial charge in [-0.2, -0.15) is 0 Å². The van der Waals surface area contributed by atoms with Crippen molar-refractivity contribution in [1.29, 1.82) is 0 Å². The molecule has 8 nitrogen and oxygen atoms in total. The summed E-state index contributed by atoms with van der Waals surface area (Å²) in [5.74, 6) is -0.677. The molecule has 3 amide bonds. The average molecular weight is 337 g/mol. The van der Waals surface area contributed by atoms with Gasteiger partial charge in [0.2, 0.25) is 0 Å². The van der Waals surface area contributed by atoms with Crippen LogP contribution in [0.1, 0.15) is 30.1 Å². The van der Waals surface area contributed by atoms with Crippen LogP contribution >= 0.6 is 0 Å². The van der Waals surface area contributed by atoms with E-state index >= 15 is 0 Å². The van der Waals surface area contributed by atoms with Gasteiger partial charge in [0.1, 0.15) is 5.75 Å². The van der Waals surface area contributed by atoms with Crippen molar-refractivity contribution in [2.75, 3.05) is 32.6 Å². The van der Waals surface area contributed by atoms with Crippen molar-refractivity contribution in [3.05, 3.63) is 23.8 Å². The van der Waals surface area contributed by atoms with E-state index in [-0.39, 0.29) is 18.9 Å². The number of carbonyl (C=O) groups is 3. The Labute approximate surface area is 140 Å². The minimum atomic E-state index is -0.906. The van der Waals surface area contributed by atoms with Crippen molar-refractivity contribution in [2.24, 2.45) is 0 Å². The van der Waals surface area contributed by atoms with Gasteiger partial charge in [-0.1, -0.05) is 0 Å². The second kappa shape index (κ2) is 9.39. The van der Waals surface area contributed by atoms with Gasteiger partial charge in [-0.3, -0.25) is 9.59 Å². The highest BCUT2D eigenvalue weighted by molar-refractivity contribution is 5.96. The normalized spacial score (nSPS) is 9.96. The van der Waals surface area contributed by atoms with Gasteiger partial charge in [0, 0.05) is 32.6 Å². The van der Waals surface area contributed by atoms with E-state index in [1.54, 1.807) is 39.2 Å². The summed E-state index contributed by atoms with van der Waals surface area (Å²) in [6.45, 7) is 2.43. The Kier molecular flexibility index (Phi) is 7.54. The third-order valence-corrected chi connectivity index (χ3v) is 3.04. The lowest BCUT2D eigenvalue weighted by molar-refractivity contribution is -0.137. The molecule has 0 unspecified atom stereocenters. The molecular weight excluding hydrogens is 314 g/mol. The Balaban J connectivity index is 2.74. The smallest absolute Gasteiger partial charge is 0.319 e. The Morgan fingerprint density at radius 3 is 2.54 bits per heavy atom. The topological polar surface area (TPSA) is 108 Å². The lowest BCUT2D eigenvalue weighted by Gasteiger charge is -2.15. The number of rotatable bonds is 8.